The van der Waals surface area contributed by atoms with Gasteiger partial charge < -0.3 is 16.0 Å². The van der Waals surface area contributed by atoms with Gasteiger partial charge in [-0.05, 0) is 31.0 Å². The van der Waals surface area contributed by atoms with Crippen LogP contribution in [0.25, 0.3) is 0 Å². The van der Waals surface area contributed by atoms with E-state index in [4.69, 9.17) is 0 Å². The van der Waals surface area contributed by atoms with E-state index < -0.39 is 0 Å². The van der Waals surface area contributed by atoms with Crippen molar-refractivity contribution < 1.29 is 9.59 Å². The first-order chi connectivity index (χ1) is 11.2. The molecule has 0 saturated heterocycles. The Morgan fingerprint density at radius 1 is 1.00 bits per heavy atom. The van der Waals surface area contributed by atoms with Crippen molar-refractivity contribution in [2.45, 2.75) is 44.6 Å². The van der Waals surface area contributed by atoms with Crippen molar-refractivity contribution >= 4 is 24.2 Å². The van der Waals surface area contributed by atoms with Crippen LogP contribution in [0.2, 0.25) is 0 Å². The Bertz CT molecular complexity index is 529. The van der Waals surface area contributed by atoms with Crippen molar-refractivity contribution in [3.8, 4) is 0 Å². The quantitative estimate of drug-likeness (QED) is 0.543. The van der Waals surface area contributed by atoms with Crippen LogP contribution in [0.5, 0.6) is 0 Å². The van der Waals surface area contributed by atoms with Crippen molar-refractivity contribution in [1.29, 1.82) is 0 Å². The third-order valence-corrected chi connectivity index (χ3v) is 4.31. The van der Waals surface area contributed by atoms with Crippen LogP contribution in [0.1, 0.15) is 59.2 Å². The molecule has 1 aliphatic rings. The molecule has 2 rings (SSSR count). The molecule has 0 radical (unpaired) electrons. The first-order valence-electron chi connectivity index (χ1n) is 8.54. The summed E-state index contributed by atoms with van der Waals surface area (Å²) in [6, 6.07) is 7.35. The van der Waals surface area contributed by atoms with Crippen LogP contribution < -0.4 is 16.0 Å². The van der Waals surface area contributed by atoms with Gasteiger partial charge in [-0.25, -0.2) is 0 Å². The average molecular weight is 354 g/mol. The zero-order valence-electron chi connectivity index (χ0n) is 14.3. The number of amides is 2. The molecule has 1 aliphatic carbocycles. The zero-order chi connectivity index (χ0) is 16.5. The molecule has 2 amide bonds. The zero-order valence-corrected chi connectivity index (χ0v) is 15.1. The number of nitrogens with one attached hydrogen (secondary N) is 3. The summed E-state index contributed by atoms with van der Waals surface area (Å²) in [7, 11) is 1.58. The minimum Gasteiger partial charge on any atom is -0.355 e. The van der Waals surface area contributed by atoms with E-state index in [9.17, 15) is 9.59 Å². The third-order valence-electron chi connectivity index (χ3n) is 4.31. The topological polar surface area (TPSA) is 70.2 Å². The van der Waals surface area contributed by atoms with Crippen molar-refractivity contribution in [2.24, 2.45) is 0 Å². The average Bonchev–Trinajstić information content (AvgIpc) is 2.86. The van der Waals surface area contributed by atoms with Crippen LogP contribution >= 0.6 is 12.4 Å². The van der Waals surface area contributed by atoms with E-state index in [0.717, 1.165) is 6.54 Å². The highest BCUT2D eigenvalue weighted by atomic mass is 35.5. The Morgan fingerprint density at radius 3 is 2.25 bits per heavy atom. The van der Waals surface area contributed by atoms with E-state index in [1.807, 2.05) is 0 Å². The van der Waals surface area contributed by atoms with E-state index in [-0.39, 0.29) is 24.2 Å². The number of carbonyl (C=O) groups is 2. The highest BCUT2D eigenvalue weighted by molar-refractivity contribution is 5.99. The van der Waals surface area contributed by atoms with Crippen LogP contribution in [0.15, 0.2) is 24.3 Å². The van der Waals surface area contributed by atoms with Crippen LogP contribution in [0.3, 0.4) is 0 Å². The Balaban J connectivity index is 0.00000288. The van der Waals surface area contributed by atoms with Gasteiger partial charge >= 0.3 is 0 Å². The summed E-state index contributed by atoms with van der Waals surface area (Å²) >= 11 is 0. The molecular formula is C18H28ClN3O2. The molecule has 0 spiro atoms. The van der Waals surface area contributed by atoms with Crippen molar-refractivity contribution in [3.63, 3.8) is 0 Å². The number of benzene rings is 1. The standard InChI is InChI=1S/C18H27N3O2.ClH/c1-19-17(22)14-7-6-8-15(13-14)18(23)21-12-11-20-16-9-4-2-3-5-10-16;/h6-8,13,16,20H,2-5,9-12H2,1H3,(H,19,22)(H,21,23);1H. The van der Waals surface area contributed by atoms with E-state index in [0.29, 0.717) is 23.7 Å². The number of carbonyl (C=O) groups excluding carboxylic acids is 2. The summed E-state index contributed by atoms with van der Waals surface area (Å²) in [6.45, 7) is 1.38. The largest absolute Gasteiger partial charge is 0.355 e. The van der Waals surface area contributed by atoms with Gasteiger partial charge in [0.15, 0.2) is 0 Å². The molecule has 0 aliphatic heterocycles. The Hall–Kier alpha value is -1.59. The monoisotopic (exact) mass is 353 g/mol. The van der Waals surface area contributed by atoms with Gasteiger partial charge in [0.05, 0.1) is 0 Å². The van der Waals surface area contributed by atoms with Crippen LogP contribution in [-0.2, 0) is 0 Å². The Labute approximate surface area is 150 Å². The molecule has 3 N–H and O–H groups in total. The van der Waals surface area contributed by atoms with E-state index >= 15 is 0 Å². The molecule has 5 nitrogen and oxygen atoms in total. The Kier molecular flexibility index (Phi) is 9.42. The smallest absolute Gasteiger partial charge is 0.251 e. The van der Waals surface area contributed by atoms with E-state index in [1.165, 1.54) is 38.5 Å². The first kappa shape index (κ1) is 20.5. The molecule has 6 heteroatoms. The maximum absolute atomic E-state index is 12.1. The molecule has 1 aromatic rings. The van der Waals surface area contributed by atoms with Gasteiger partial charge in [-0.2, -0.15) is 0 Å². The molecule has 0 atom stereocenters. The van der Waals surface area contributed by atoms with E-state index in [1.54, 1.807) is 31.3 Å². The molecule has 134 valence electrons. The second-order valence-corrected chi connectivity index (χ2v) is 6.06. The van der Waals surface area contributed by atoms with Crippen molar-refractivity contribution in [2.75, 3.05) is 20.1 Å². The number of hydrogen-bond acceptors (Lipinski definition) is 3. The molecule has 0 unspecified atom stereocenters. The van der Waals surface area contributed by atoms with Crippen molar-refractivity contribution in [3.05, 3.63) is 35.4 Å². The second kappa shape index (κ2) is 11.0. The molecule has 0 aromatic heterocycles. The highest BCUT2D eigenvalue weighted by Crippen LogP contribution is 2.16. The molecule has 0 bridgehead atoms. The fraction of sp³-hybridized carbons (Fsp3) is 0.556. The van der Waals surface area contributed by atoms with Gasteiger partial charge in [0.1, 0.15) is 0 Å². The Morgan fingerprint density at radius 2 is 1.62 bits per heavy atom. The molecule has 1 saturated carbocycles. The van der Waals surface area contributed by atoms with Crippen LogP contribution in [-0.4, -0.2) is 38.0 Å². The maximum Gasteiger partial charge on any atom is 0.251 e. The molecule has 1 aromatic carbocycles. The normalized spacial score (nSPS) is 15.0. The fourth-order valence-electron chi connectivity index (χ4n) is 2.98. The lowest BCUT2D eigenvalue weighted by atomic mass is 10.1. The van der Waals surface area contributed by atoms with Gasteiger partial charge in [0.2, 0.25) is 0 Å². The second-order valence-electron chi connectivity index (χ2n) is 6.06. The van der Waals surface area contributed by atoms with Gasteiger partial charge in [-0.3, -0.25) is 9.59 Å². The summed E-state index contributed by atoms with van der Waals surface area (Å²) in [5, 5.41) is 8.99. The lowest BCUT2D eigenvalue weighted by molar-refractivity contribution is 0.0953. The fourth-order valence-corrected chi connectivity index (χ4v) is 2.98. The lowest BCUT2D eigenvalue weighted by Crippen LogP contribution is -2.36. The highest BCUT2D eigenvalue weighted by Gasteiger charge is 2.12. The lowest BCUT2D eigenvalue weighted by Gasteiger charge is -2.16. The van der Waals surface area contributed by atoms with Crippen LogP contribution in [0.4, 0.5) is 0 Å². The minimum atomic E-state index is -0.185. The number of rotatable bonds is 6. The van der Waals surface area contributed by atoms with Gasteiger partial charge in [-0.15, -0.1) is 12.4 Å². The van der Waals surface area contributed by atoms with Gasteiger partial charge in [0.25, 0.3) is 11.8 Å². The van der Waals surface area contributed by atoms with Gasteiger partial charge in [0, 0.05) is 37.3 Å². The molecule has 1 fully saturated rings. The molecule has 24 heavy (non-hydrogen) atoms. The van der Waals surface area contributed by atoms with Crippen molar-refractivity contribution in [1.82, 2.24) is 16.0 Å². The predicted octanol–water partition coefficient (Wildman–Crippen LogP) is 2.51. The summed E-state index contributed by atoms with van der Waals surface area (Å²) in [4.78, 5) is 23.7. The summed E-state index contributed by atoms with van der Waals surface area (Å²) < 4.78 is 0. The first-order valence-corrected chi connectivity index (χ1v) is 8.54. The summed E-state index contributed by atoms with van der Waals surface area (Å²) in [5.74, 6) is -0.326. The summed E-state index contributed by atoms with van der Waals surface area (Å²) in [6.07, 6.45) is 7.77. The maximum atomic E-state index is 12.1. The SMILES string of the molecule is CNC(=O)c1cccc(C(=O)NCCNC2CCCCCC2)c1.Cl. The number of halogens is 1. The van der Waals surface area contributed by atoms with Crippen LogP contribution in [0, 0.1) is 0 Å². The number of hydrogen-bond donors (Lipinski definition) is 3. The van der Waals surface area contributed by atoms with Gasteiger partial charge in [-0.1, -0.05) is 31.7 Å². The minimum absolute atomic E-state index is 0. The molecule has 0 heterocycles. The third kappa shape index (κ3) is 6.49. The van der Waals surface area contributed by atoms with E-state index in [2.05, 4.69) is 16.0 Å². The predicted molar refractivity (Wildman–Crippen MR) is 98.9 cm³/mol. The summed E-state index contributed by atoms with van der Waals surface area (Å²) in [5.41, 5.74) is 1.01. The molecular weight excluding hydrogens is 326 g/mol.